The van der Waals surface area contributed by atoms with E-state index in [9.17, 15) is 0 Å². The van der Waals surface area contributed by atoms with Gasteiger partial charge < -0.3 is 4.42 Å². The van der Waals surface area contributed by atoms with Crippen molar-refractivity contribution in [3.05, 3.63) is 95.9 Å². The highest BCUT2D eigenvalue weighted by Crippen LogP contribution is 2.23. The minimum Gasteiger partial charge on any atom is -0.463 e. The van der Waals surface area contributed by atoms with Crippen LogP contribution in [0.2, 0.25) is 0 Å². The van der Waals surface area contributed by atoms with Crippen LogP contribution in [-0.4, -0.2) is 5.71 Å². The molecule has 0 bridgehead atoms. The third kappa shape index (κ3) is 3.53. The molecule has 0 fully saturated rings. The van der Waals surface area contributed by atoms with Crippen LogP contribution >= 0.6 is 0 Å². The van der Waals surface area contributed by atoms with E-state index in [1.165, 1.54) is 11.1 Å². The molecule has 0 spiro atoms. The Hall–Kier alpha value is -2.61. The lowest BCUT2D eigenvalue weighted by atomic mass is 9.99. The summed E-state index contributed by atoms with van der Waals surface area (Å²) < 4.78 is 5.45. The third-order valence-electron chi connectivity index (χ3n) is 3.68. The van der Waals surface area contributed by atoms with Crippen molar-refractivity contribution in [1.29, 1.82) is 0 Å². The Morgan fingerprint density at radius 2 is 1.59 bits per heavy atom. The van der Waals surface area contributed by atoms with Gasteiger partial charge in [0, 0.05) is 0 Å². The molecule has 0 amide bonds. The molecule has 1 unspecified atom stereocenters. The van der Waals surface area contributed by atoms with E-state index in [0.29, 0.717) is 0 Å². The lowest BCUT2D eigenvalue weighted by Crippen LogP contribution is -2.04. The number of nitrogens with zero attached hydrogens (tertiary/aromatic N) is 1. The van der Waals surface area contributed by atoms with Crippen molar-refractivity contribution in [3.63, 3.8) is 0 Å². The zero-order valence-electron chi connectivity index (χ0n) is 12.6. The van der Waals surface area contributed by atoms with Gasteiger partial charge in [-0.3, -0.25) is 4.99 Å². The van der Waals surface area contributed by atoms with Crippen molar-refractivity contribution < 1.29 is 4.42 Å². The Bertz CT molecular complexity index is 715. The van der Waals surface area contributed by atoms with E-state index >= 15 is 0 Å². The van der Waals surface area contributed by atoms with Crippen molar-refractivity contribution in [2.45, 2.75) is 19.4 Å². The molecule has 0 aliphatic heterocycles. The second kappa shape index (κ2) is 6.90. The number of hydrogen-bond acceptors (Lipinski definition) is 2. The summed E-state index contributed by atoms with van der Waals surface area (Å²) in [6.45, 7) is 2.00. The topological polar surface area (TPSA) is 25.5 Å². The summed E-state index contributed by atoms with van der Waals surface area (Å²) in [5, 5.41) is 0. The average molecular weight is 289 g/mol. The predicted molar refractivity (Wildman–Crippen MR) is 90.2 cm³/mol. The van der Waals surface area contributed by atoms with Gasteiger partial charge in [0.15, 0.2) is 0 Å². The van der Waals surface area contributed by atoms with E-state index in [4.69, 9.17) is 9.41 Å². The van der Waals surface area contributed by atoms with E-state index in [1.807, 2.05) is 31.2 Å². The van der Waals surface area contributed by atoms with Crippen LogP contribution in [0.25, 0.3) is 0 Å². The molecule has 3 aromatic rings. The molecule has 0 aliphatic rings. The maximum absolute atomic E-state index is 5.45. The first kappa shape index (κ1) is 14.3. The van der Waals surface area contributed by atoms with E-state index in [1.54, 1.807) is 6.26 Å². The molecular formula is C20H19NO. The van der Waals surface area contributed by atoms with Crippen LogP contribution in [-0.2, 0) is 6.42 Å². The van der Waals surface area contributed by atoms with Gasteiger partial charge in [0.1, 0.15) is 5.76 Å². The fourth-order valence-electron chi connectivity index (χ4n) is 2.53. The van der Waals surface area contributed by atoms with Crippen LogP contribution in [0.4, 0.5) is 0 Å². The molecule has 1 aromatic heterocycles. The van der Waals surface area contributed by atoms with Crippen molar-refractivity contribution in [1.82, 2.24) is 0 Å². The molecule has 0 saturated carbocycles. The summed E-state index contributed by atoms with van der Waals surface area (Å²) in [4.78, 5) is 4.91. The number of furan rings is 1. The first-order valence-electron chi connectivity index (χ1n) is 7.50. The van der Waals surface area contributed by atoms with Gasteiger partial charge in [-0.25, -0.2) is 0 Å². The number of aliphatic imine (C=N–C) groups is 1. The smallest absolute Gasteiger partial charge is 0.147 e. The van der Waals surface area contributed by atoms with Crippen LogP contribution < -0.4 is 0 Å². The Kier molecular flexibility index (Phi) is 4.50. The van der Waals surface area contributed by atoms with E-state index in [2.05, 4.69) is 48.5 Å². The van der Waals surface area contributed by atoms with Crippen LogP contribution in [0.1, 0.15) is 29.9 Å². The van der Waals surface area contributed by atoms with Crippen molar-refractivity contribution in [3.8, 4) is 0 Å². The van der Waals surface area contributed by atoms with Gasteiger partial charge in [0.2, 0.25) is 0 Å². The Labute approximate surface area is 131 Å². The molecule has 2 heteroatoms. The van der Waals surface area contributed by atoms with Crippen LogP contribution in [0, 0.1) is 0 Å². The van der Waals surface area contributed by atoms with Gasteiger partial charge in [-0.15, -0.1) is 0 Å². The molecule has 1 atom stereocenters. The van der Waals surface area contributed by atoms with Crippen LogP contribution in [0.15, 0.2) is 88.5 Å². The lowest BCUT2D eigenvalue weighted by molar-refractivity contribution is 0.555. The molecule has 3 rings (SSSR count). The monoisotopic (exact) mass is 289 g/mol. The second-order valence-electron chi connectivity index (χ2n) is 5.31. The quantitative estimate of drug-likeness (QED) is 0.602. The molecule has 0 aliphatic carbocycles. The van der Waals surface area contributed by atoms with Crippen LogP contribution in [0.3, 0.4) is 0 Å². The highest BCUT2D eigenvalue weighted by Gasteiger charge is 2.12. The Morgan fingerprint density at radius 1 is 0.909 bits per heavy atom. The maximum Gasteiger partial charge on any atom is 0.147 e. The first-order chi connectivity index (χ1) is 10.8. The molecule has 2 nitrogen and oxygen atoms in total. The van der Waals surface area contributed by atoms with E-state index in [-0.39, 0.29) is 6.04 Å². The first-order valence-corrected chi connectivity index (χ1v) is 7.50. The van der Waals surface area contributed by atoms with Crippen LogP contribution in [0.5, 0.6) is 0 Å². The standard InChI is InChI=1S/C20H19NO/c1-16(20-13-8-14-22-20)21-19(18-11-6-3-7-12-18)15-17-9-4-2-5-10-17/h2-14,19H,15H2,1H3. The zero-order valence-corrected chi connectivity index (χ0v) is 12.6. The van der Waals surface area contributed by atoms with Gasteiger partial charge >= 0.3 is 0 Å². The van der Waals surface area contributed by atoms with Gasteiger partial charge in [-0.2, -0.15) is 0 Å². The zero-order chi connectivity index (χ0) is 15.2. The summed E-state index contributed by atoms with van der Waals surface area (Å²) in [7, 11) is 0. The SMILES string of the molecule is CC(=NC(Cc1ccccc1)c1ccccc1)c1ccco1. The maximum atomic E-state index is 5.45. The van der Waals surface area contributed by atoms with Gasteiger partial charge in [0.05, 0.1) is 18.0 Å². The molecule has 22 heavy (non-hydrogen) atoms. The molecule has 0 N–H and O–H groups in total. The molecule has 0 saturated heterocycles. The summed E-state index contributed by atoms with van der Waals surface area (Å²) >= 11 is 0. The molecule has 110 valence electrons. The number of hydrogen-bond donors (Lipinski definition) is 0. The van der Waals surface area contributed by atoms with E-state index in [0.717, 1.165) is 17.9 Å². The number of benzene rings is 2. The van der Waals surface area contributed by atoms with Crippen molar-refractivity contribution >= 4 is 5.71 Å². The molecular weight excluding hydrogens is 270 g/mol. The minimum absolute atomic E-state index is 0.0914. The van der Waals surface area contributed by atoms with Gasteiger partial charge in [-0.1, -0.05) is 60.7 Å². The second-order valence-corrected chi connectivity index (χ2v) is 5.31. The molecule has 1 heterocycles. The summed E-state index contributed by atoms with van der Waals surface area (Å²) in [5.41, 5.74) is 3.43. The molecule has 2 aromatic carbocycles. The van der Waals surface area contributed by atoms with Crippen molar-refractivity contribution in [2.24, 2.45) is 4.99 Å². The Morgan fingerprint density at radius 3 is 2.23 bits per heavy atom. The van der Waals surface area contributed by atoms with Crippen molar-refractivity contribution in [2.75, 3.05) is 0 Å². The third-order valence-corrected chi connectivity index (χ3v) is 3.68. The summed E-state index contributed by atoms with van der Waals surface area (Å²) in [6, 6.07) is 24.8. The molecule has 0 radical (unpaired) electrons. The average Bonchev–Trinajstić information content (AvgIpc) is 3.11. The largest absolute Gasteiger partial charge is 0.463 e. The van der Waals surface area contributed by atoms with E-state index < -0.39 is 0 Å². The minimum atomic E-state index is 0.0914. The predicted octanol–water partition coefficient (Wildman–Crippen LogP) is 5.07. The normalized spacial score (nSPS) is 13.0. The highest BCUT2D eigenvalue weighted by molar-refractivity contribution is 5.96. The highest BCUT2D eigenvalue weighted by atomic mass is 16.3. The fourth-order valence-corrected chi connectivity index (χ4v) is 2.53. The van der Waals surface area contributed by atoms with Gasteiger partial charge in [-0.05, 0) is 36.6 Å². The lowest BCUT2D eigenvalue weighted by Gasteiger charge is -2.14. The summed E-state index contributed by atoms with van der Waals surface area (Å²) in [5.74, 6) is 0.828. The summed E-state index contributed by atoms with van der Waals surface area (Å²) in [6.07, 6.45) is 2.56. The Balaban J connectivity index is 1.91. The fraction of sp³-hybridized carbons (Fsp3) is 0.150. The van der Waals surface area contributed by atoms with Gasteiger partial charge in [0.25, 0.3) is 0 Å². The number of rotatable bonds is 5.